The minimum Gasteiger partial charge on any atom is -0.310 e. The quantitative estimate of drug-likeness (QED) is 0.401. The summed E-state index contributed by atoms with van der Waals surface area (Å²) in [5, 5.41) is 17.1. The molecule has 2 aliphatic heterocycles. The van der Waals surface area contributed by atoms with Crippen LogP contribution in [0.3, 0.4) is 0 Å². The molecule has 0 aromatic rings. The summed E-state index contributed by atoms with van der Waals surface area (Å²) in [5.41, 5.74) is -0.721. The van der Waals surface area contributed by atoms with Crippen LogP contribution in [0, 0.1) is 16.0 Å². The molecule has 0 aromatic carbocycles. The van der Waals surface area contributed by atoms with Gasteiger partial charge < -0.3 is 10.6 Å². The highest BCUT2D eigenvalue weighted by atomic mass is 16.6. The lowest BCUT2D eigenvalue weighted by Gasteiger charge is -2.39. The van der Waals surface area contributed by atoms with Crippen LogP contribution < -0.4 is 10.6 Å². The smallest absolute Gasteiger partial charge is 0.246 e. The van der Waals surface area contributed by atoms with Crippen molar-refractivity contribution in [3.05, 3.63) is 10.1 Å². The molecule has 0 spiro atoms. The van der Waals surface area contributed by atoms with Gasteiger partial charge in [-0.25, -0.2) is 0 Å². The zero-order valence-electron chi connectivity index (χ0n) is 6.88. The third-order valence-electron chi connectivity index (χ3n) is 2.83. The van der Waals surface area contributed by atoms with Gasteiger partial charge in [0.2, 0.25) is 5.54 Å². The highest BCUT2D eigenvalue weighted by Gasteiger charge is 2.49. The van der Waals surface area contributed by atoms with Gasteiger partial charge in [0.05, 0.1) is 13.1 Å². The van der Waals surface area contributed by atoms with E-state index >= 15 is 0 Å². The van der Waals surface area contributed by atoms with Crippen LogP contribution in [-0.2, 0) is 0 Å². The first-order chi connectivity index (χ1) is 5.73. The number of fused-ring (bicyclic) bond motifs is 2. The number of hydrogen-bond acceptors (Lipinski definition) is 4. The Morgan fingerprint density at radius 3 is 2.33 bits per heavy atom. The van der Waals surface area contributed by atoms with Gasteiger partial charge in [-0.2, -0.15) is 0 Å². The largest absolute Gasteiger partial charge is 0.310 e. The highest BCUT2D eigenvalue weighted by Crippen LogP contribution is 2.26. The third kappa shape index (κ3) is 1.09. The second-order valence-electron chi connectivity index (χ2n) is 3.81. The SMILES string of the molecule is O=[N+]([O-])C12CNCC(CNC1)C2. The molecule has 0 unspecified atom stereocenters. The van der Waals surface area contributed by atoms with E-state index in [1.807, 2.05) is 0 Å². The van der Waals surface area contributed by atoms with Gasteiger partial charge in [-0.15, -0.1) is 0 Å². The second-order valence-corrected chi connectivity index (χ2v) is 3.81. The van der Waals surface area contributed by atoms with E-state index in [1.165, 1.54) is 0 Å². The maximum atomic E-state index is 10.8. The topological polar surface area (TPSA) is 67.2 Å². The van der Waals surface area contributed by atoms with Crippen LogP contribution in [0.2, 0.25) is 0 Å². The molecule has 5 nitrogen and oxygen atoms in total. The summed E-state index contributed by atoms with van der Waals surface area (Å²) in [7, 11) is 0. The van der Waals surface area contributed by atoms with Gasteiger partial charge in [0.15, 0.2) is 0 Å². The minimum atomic E-state index is -0.721. The van der Waals surface area contributed by atoms with Crippen molar-refractivity contribution in [2.45, 2.75) is 12.0 Å². The fraction of sp³-hybridized carbons (Fsp3) is 1.00. The molecule has 2 bridgehead atoms. The molecule has 12 heavy (non-hydrogen) atoms. The molecule has 2 fully saturated rings. The maximum Gasteiger partial charge on any atom is 0.246 e. The van der Waals surface area contributed by atoms with Crippen molar-refractivity contribution in [3.63, 3.8) is 0 Å². The van der Waals surface area contributed by atoms with E-state index in [4.69, 9.17) is 0 Å². The number of nitrogens with zero attached hydrogens (tertiary/aromatic N) is 1. The summed E-state index contributed by atoms with van der Waals surface area (Å²) in [6.07, 6.45) is 0.736. The Hall–Kier alpha value is -0.680. The predicted octanol–water partition coefficient (Wildman–Crippen LogP) is -0.785. The lowest BCUT2D eigenvalue weighted by atomic mass is 9.81. The number of nitro groups is 1. The van der Waals surface area contributed by atoms with Crippen LogP contribution in [0.15, 0.2) is 0 Å². The standard InChI is InChI=1S/C7H13N3O2/c11-10(12)7-1-6(2-8-4-7)3-9-5-7/h6,8-9H,1-5H2. The first-order valence-electron chi connectivity index (χ1n) is 4.29. The van der Waals surface area contributed by atoms with Crippen LogP contribution >= 0.6 is 0 Å². The molecule has 0 saturated carbocycles. The molecule has 2 rings (SSSR count). The predicted molar refractivity (Wildman–Crippen MR) is 43.6 cm³/mol. The van der Waals surface area contributed by atoms with Gasteiger partial charge in [0, 0.05) is 11.3 Å². The normalized spacial score (nSPS) is 40.8. The molecule has 0 radical (unpaired) electrons. The van der Waals surface area contributed by atoms with Gasteiger partial charge in [-0.3, -0.25) is 10.1 Å². The van der Waals surface area contributed by atoms with Gasteiger partial charge in [0.25, 0.3) is 0 Å². The molecule has 0 aliphatic carbocycles. The summed E-state index contributed by atoms with van der Waals surface area (Å²) in [4.78, 5) is 10.7. The molecule has 0 amide bonds. The van der Waals surface area contributed by atoms with E-state index in [1.54, 1.807) is 0 Å². The Kier molecular flexibility index (Phi) is 1.77. The number of hydrogen-bond donors (Lipinski definition) is 2. The zero-order valence-corrected chi connectivity index (χ0v) is 6.88. The van der Waals surface area contributed by atoms with Crippen molar-refractivity contribution < 1.29 is 4.92 Å². The number of nitrogens with one attached hydrogen (secondary N) is 2. The van der Waals surface area contributed by atoms with Crippen molar-refractivity contribution in [3.8, 4) is 0 Å². The van der Waals surface area contributed by atoms with E-state index in [0.29, 0.717) is 19.0 Å². The molecule has 2 saturated heterocycles. The average molecular weight is 171 g/mol. The Morgan fingerprint density at radius 1 is 1.33 bits per heavy atom. The van der Waals surface area contributed by atoms with E-state index in [-0.39, 0.29) is 4.92 Å². The van der Waals surface area contributed by atoms with Gasteiger partial charge >= 0.3 is 0 Å². The molecule has 2 aliphatic rings. The molecule has 68 valence electrons. The van der Waals surface area contributed by atoms with Crippen molar-refractivity contribution in [1.29, 1.82) is 0 Å². The Bertz CT molecular complexity index is 197. The van der Waals surface area contributed by atoms with Crippen molar-refractivity contribution in [1.82, 2.24) is 10.6 Å². The second kappa shape index (κ2) is 2.67. The summed E-state index contributed by atoms with van der Waals surface area (Å²) in [5.74, 6) is 0.442. The van der Waals surface area contributed by atoms with Crippen molar-refractivity contribution in [2.75, 3.05) is 26.2 Å². The maximum absolute atomic E-state index is 10.8. The van der Waals surface area contributed by atoms with E-state index in [0.717, 1.165) is 19.5 Å². The first kappa shape index (κ1) is 7.94. The molecule has 0 atom stereocenters. The van der Waals surface area contributed by atoms with Gasteiger partial charge in [-0.05, 0) is 19.0 Å². The van der Waals surface area contributed by atoms with Crippen LogP contribution in [0.25, 0.3) is 0 Å². The van der Waals surface area contributed by atoms with Gasteiger partial charge in [-0.1, -0.05) is 0 Å². The summed E-state index contributed by atoms with van der Waals surface area (Å²) >= 11 is 0. The Balaban J connectivity index is 2.17. The molecular formula is C7H13N3O2. The van der Waals surface area contributed by atoms with E-state index in [2.05, 4.69) is 10.6 Å². The zero-order chi connectivity index (χ0) is 8.60. The molecule has 0 aromatic heterocycles. The summed E-state index contributed by atoms with van der Waals surface area (Å²) in [6.45, 7) is 2.87. The highest BCUT2D eigenvalue weighted by molar-refractivity contribution is 4.96. The van der Waals surface area contributed by atoms with Crippen molar-refractivity contribution in [2.24, 2.45) is 5.92 Å². The number of piperidine rings is 2. The number of rotatable bonds is 1. The molecule has 2 heterocycles. The average Bonchev–Trinajstić information content (AvgIpc) is 2.04. The molecule has 5 heteroatoms. The third-order valence-corrected chi connectivity index (χ3v) is 2.83. The van der Waals surface area contributed by atoms with Crippen LogP contribution in [0.5, 0.6) is 0 Å². The van der Waals surface area contributed by atoms with E-state index < -0.39 is 5.54 Å². The van der Waals surface area contributed by atoms with Crippen LogP contribution in [0.1, 0.15) is 6.42 Å². The summed E-state index contributed by atoms with van der Waals surface area (Å²) < 4.78 is 0. The Labute approximate surface area is 70.7 Å². The first-order valence-corrected chi connectivity index (χ1v) is 4.29. The van der Waals surface area contributed by atoms with E-state index in [9.17, 15) is 10.1 Å². The van der Waals surface area contributed by atoms with Gasteiger partial charge in [0.1, 0.15) is 0 Å². The fourth-order valence-electron chi connectivity index (χ4n) is 2.18. The fourth-order valence-corrected chi connectivity index (χ4v) is 2.18. The molecular weight excluding hydrogens is 158 g/mol. The lowest BCUT2D eigenvalue weighted by Crippen LogP contribution is -2.64. The summed E-state index contributed by atoms with van der Waals surface area (Å²) in [6, 6.07) is 0. The monoisotopic (exact) mass is 171 g/mol. The van der Waals surface area contributed by atoms with Crippen LogP contribution in [-0.4, -0.2) is 36.6 Å². The van der Waals surface area contributed by atoms with Crippen LogP contribution in [0.4, 0.5) is 0 Å². The molecule has 2 N–H and O–H groups in total. The minimum absolute atomic E-state index is 0.127. The lowest BCUT2D eigenvalue weighted by molar-refractivity contribution is -0.572. The Morgan fingerprint density at radius 2 is 1.92 bits per heavy atom. The van der Waals surface area contributed by atoms with Crippen molar-refractivity contribution >= 4 is 0 Å².